The van der Waals surface area contributed by atoms with Gasteiger partial charge >= 0.3 is 0 Å². The van der Waals surface area contributed by atoms with Gasteiger partial charge in [0.15, 0.2) is 0 Å². The number of fused-ring (bicyclic) bond motifs is 3. The highest BCUT2D eigenvalue weighted by molar-refractivity contribution is 5.73. The van der Waals surface area contributed by atoms with Crippen LogP contribution in [0.15, 0.2) is 30.5 Å². The SMILES string of the molecule is NCC1CCCN(c2ncc3c(n2)-c2ccccc2C3)C1. The van der Waals surface area contributed by atoms with Crippen LogP contribution in [0.2, 0.25) is 0 Å². The van der Waals surface area contributed by atoms with Crippen LogP contribution in [0.3, 0.4) is 0 Å². The molecule has 1 aromatic heterocycles. The van der Waals surface area contributed by atoms with Crippen LogP contribution in [0.4, 0.5) is 5.95 Å². The Morgan fingerprint density at radius 1 is 1.24 bits per heavy atom. The van der Waals surface area contributed by atoms with Gasteiger partial charge in [-0.1, -0.05) is 24.3 Å². The number of piperidine rings is 1. The van der Waals surface area contributed by atoms with Gasteiger partial charge in [-0.25, -0.2) is 9.97 Å². The third-order valence-corrected chi connectivity index (χ3v) is 4.64. The number of anilines is 1. The topological polar surface area (TPSA) is 55.0 Å². The molecule has 1 aliphatic heterocycles. The van der Waals surface area contributed by atoms with Crippen molar-refractivity contribution < 1.29 is 0 Å². The zero-order chi connectivity index (χ0) is 14.2. The number of hydrogen-bond donors (Lipinski definition) is 1. The normalized spacial score (nSPS) is 20.2. The smallest absolute Gasteiger partial charge is 0.225 e. The van der Waals surface area contributed by atoms with Gasteiger partial charge in [-0.05, 0) is 30.9 Å². The number of nitrogens with two attached hydrogens (primary N) is 1. The minimum absolute atomic E-state index is 0.572. The summed E-state index contributed by atoms with van der Waals surface area (Å²) in [5.74, 6) is 1.44. The van der Waals surface area contributed by atoms with E-state index in [0.29, 0.717) is 5.92 Å². The van der Waals surface area contributed by atoms with E-state index in [0.717, 1.165) is 37.7 Å². The summed E-state index contributed by atoms with van der Waals surface area (Å²) < 4.78 is 0. The largest absolute Gasteiger partial charge is 0.340 e. The fraction of sp³-hybridized carbons (Fsp3) is 0.412. The van der Waals surface area contributed by atoms with Crippen molar-refractivity contribution >= 4 is 5.95 Å². The zero-order valence-corrected chi connectivity index (χ0v) is 12.1. The van der Waals surface area contributed by atoms with Crippen molar-refractivity contribution in [2.24, 2.45) is 11.7 Å². The van der Waals surface area contributed by atoms with E-state index in [4.69, 9.17) is 10.7 Å². The molecule has 0 amide bonds. The van der Waals surface area contributed by atoms with Crippen molar-refractivity contribution in [2.75, 3.05) is 24.5 Å². The predicted octanol–water partition coefficient (Wildman–Crippen LogP) is 2.22. The van der Waals surface area contributed by atoms with Gasteiger partial charge in [0.25, 0.3) is 0 Å². The maximum Gasteiger partial charge on any atom is 0.225 e. The first kappa shape index (κ1) is 12.8. The standard InChI is InChI=1S/C17H20N4/c18-9-12-4-3-7-21(11-12)17-19-10-14-8-13-5-1-2-6-15(13)16(14)20-17/h1-2,5-6,10,12H,3-4,7-9,11,18H2. The Morgan fingerprint density at radius 3 is 3.05 bits per heavy atom. The lowest BCUT2D eigenvalue weighted by Gasteiger charge is -2.32. The molecule has 1 aromatic carbocycles. The first-order valence-electron chi connectivity index (χ1n) is 7.74. The van der Waals surface area contributed by atoms with Crippen molar-refractivity contribution in [2.45, 2.75) is 19.3 Å². The maximum absolute atomic E-state index is 5.83. The average Bonchev–Trinajstić information content (AvgIpc) is 2.92. The lowest BCUT2D eigenvalue weighted by Crippen LogP contribution is -2.39. The van der Waals surface area contributed by atoms with Crippen molar-refractivity contribution in [3.8, 4) is 11.3 Å². The van der Waals surface area contributed by atoms with E-state index in [1.165, 1.54) is 29.5 Å². The Morgan fingerprint density at radius 2 is 2.14 bits per heavy atom. The molecule has 4 heteroatoms. The summed E-state index contributed by atoms with van der Waals surface area (Å²) in [6, 6.07) is 8.52. The lowest BCUT2D eigenvalue weighted by atomic mass is 9.99. The summed E-state index contributed by atoms with van der Waals surface area (Å²) in [5.41, 5.74) is 10.8. The molecule has 2 aromatic rings. The van der Waals surface area contributed by atoms with E-state index in [9.17, 15) is 0 Å². The Kier molecular flexibility index (Phi) is 3.11. The maximum atomic E-state index is 5.83. The molecule has 0 radical (unpaired) electrons. The third kappa shape index (κ3) is 2.20. The molecule has 21 heavy (non-hydrogen) atoms. The molecule has 0 saturated carbocycles. The second-order valence-electron chi connectivity index (χ2n) is 6.07. The number of rotatable bonds is 2. The fourth-order valence-corrected chi connectivity index (χ4v) is 3.46. The molecule has 1 saturated heterocycles. The minimum Gasteiger partial charge on any atom is -0.340 e. The number of nitrogens with zero attached hydrogens (tertiary/aromatic N) is 3. The Hall–Kier alpha value is -1.94. The third-order valence-electron chi connectivity index (χ3n) is 4.64. The molecule has 0 spiro atoms. The van der Waals surface area contributed by atoms with Gasteiger partial charge in [-0.2, -0.15) is 0 Å². The van der Waals surface area contributed by atoms with Gasteiger partial charge in [0.05, 0.1) is 5.69 Å². The molecule has 4 rings (SSSR count). The fourth-order valence-electron chi connectivity index (χ4n) is 3.46. The van der Waals surface area contributed by atoms with Gasteiger partial charge in [-0.3, -0.25) is 0 Å². The monoisotopic (exact) mass is 280 g/mol. The van der Waals surface area contributed by atoms with E-state index >= 15 is 0 Å². The van der Waals surface area contributed by atoms with Crippen LogP contribution in [0.25, 0.3) is 11.3 Å². The second kappa shape index (κ2) is 5.11. The molecule has 1 aliphatic carbocycles. The molecule has 0 bridgehead atoms. The average molecular weight is 280 g/mol. The van der Waals surface area contributed by atoms with Crippen LogP contribution < -0.4 is 10.6 Å². The highest BCUT2D eigenvalue weighted by Crippen LogP contribution is 2.35. The van der Waals surface area contributed by atoms with Crippen LogP contribution in [0.5, 0.6) is 0 Å². The quantitative estimate of drug-likeness (QED) is 0.782. The van der Waals surface area contributed by atoms with Crippen molar-refractivity contribution in [1.82, 2.24) is 9.97 Å². The van der Waals surface area contributed by atoms with E-state index in [1.54, 1.807) is 0 Å². The van der Waals surface area contributed by atoms with Crippen molar-refractivity contribution in [3.63, 3.8) is 0 Å². The van der Waals surface area contributed by atoms with E-state index in [1.807, 2.05) is 6.20 Å². The number of aromatic nitrogens is 2. The van der Waals surface area contributed by atoms with Crippen LogP contribution in [-0.2, 0) is 6.42 Å². The van der Waals surface area contributed by atoms with Crippen LogP contribution in [-0.4, -0.2) is 29.6 Å². The molecule has 2 N–H and O–H groups in total. The molecular formula is C17H20N4. The number of hydrogen-bond acceptors (Lipinski definition) is 4. The number of benzene rings is 1. The summed E-state index contributed by atoms with van der Waals surface area (Å²) in [6.45, 7) is 2.78. The van der Waals surface area contributed by atoms with Crippen molar-refractivity contribution in [3.05, 3.63) is 41.6 Å². The van der Waals surface area contributed by atoms with Gasteiger partial charge < -0.3 is 10.6 Å². The molecule has 2 heterocycles. The Bertz CT molecular complexity index is 668. The highest BCUT2D eigenvalue weighted by Gasteiger charge is 2.24. The summed E-state index contributed by atoms with van der Waals surface area (Å²) >= 11 is 0. The molecule has 4 nitrogen and oxygen atoms in total. The van der Waals surface area contributed by atoms with Gasteiger partial charge in [0.2, 0.25) is 5.95 Å². The zero-order valence-electron chi connectivity index (χ0n) is 12.1. The summed E-state index contributed by atoms with van der Waals surface area (Å²) in [4.78, 5) is 11.8. The lowest BCUT2D eigenvalue weighted by molar-refractivity contribution is 0.419. The van der Waals surface area contributed by atoms with Crippen LogP contribution in [0.1, 0.15) is 24.0 Å². The van der Waals surface area contributed by atoms with E-state index in [-0.39, 0.29) is 0 Å². The van der Waals surface area contributed by atoms with Crippen LogP contribution >= 0.6 is 0 Å². The summed E-state index contributed by atoms with van der Waals surface area (Å²) in [6.07, 6.45) is 5.36. The van der Waals surface area contributed by atoms with Gasteiger partial charge in [0.1, 0.15) is 0 Å². The first-order chi connectivity index (χ1) is 10.3. The van der Waals surface area contributed by atoms with Gasteiger partial charge in [-0.15, -0.1) is 0 Å². The Labute approximate surface area is 125 Å². The molecular weight excluding hydrogens is 260 g/mol. The predicted molar refractivity (Wildman–Crippen MR) is 84.3 cm³/mol. The minimum atomic E-state index is 0.572. The highest BCUT2D eigenvalue weighted by atomic mass is 15.3. The molecule has 108 valence electrons. The molecule has 2 aliphatic rings. The second-order valence-corrected chi connectivity index (χ2v) is 6.07. The molecule has 1 atom stereocenters. The Balaban J connectivity index is 1.68. The summed E-state index contributed by atoms with van der Waals surface area (Å²) in [7, 11) is 0. The van der Waals surface area contributed by atoms with Crippen LogP contribution in [0, 0.1) is 5.92 Å². The summed E-state index contributed by atoms with van der Waals surface area (Å²) in [5, 5.41) is 0. The van der Waals surface area contributed by atoms with Crippen molar-refractivity contribution in [1.29, 1.82) is 0 Å². The molecule has 1 unspecified atom stereocenters. The first-order valence-corrected chi connectivity index (χ1v) is 7.74. The van der Waals surface area contributed by atoms with E-state index in [2.05, 4.69) is 34.1 Å². The van der Waals surface area contributed by atoms with E-state index < -0.39 is 0 Å². The molecule has 1 fully saturated rings. The van der Waals surface area contributed by atoms with Gasteiger partial charge in [0, 0.05) is 36.8 Å².